The van der Waals surface area contributed by atoms with E-state index in [0.717, 1.165) is 22.7 Å². The first-order valence-corrected chi connectivity index (χ1v) is 10.1. The van der Waals surface area contributed by atoms with Crippen molar-refractivity contribution < 1.29 is 22.7 Å². The summed E-state index contributed by atoms with van der Waals surface area (Å²) >= 11 is 0. The lowest BCUT2D eigenvalue weighted by Crippen LogP contribution is -2.57. The first kappa shape index (κ1) is 18.9. The maximum Gasteiger partial charge on any atom is 0.280 e. The number of nitrogens with one attached hydrogen (secondary N) is 1. The molecule has 2 atom stereocenters. The van der Waals surface area contributed by atoms with Gasteiger partial charge < -0.3 is 14.4 Å². The van der Waals surface area contributed by atoms with Gasteiger partial charge in [0.15, 0.2) is 11.5 Å². The topological polar surface area (TPSA) is 88.2 Å². The quantitative estimate of drug-likeness (QED) is 0.835. The third-order valence-electron chi connectivity index (χ3n) is 5.08. The Kier molecular flexibility index (Phi) is 5.40. The van der Waals surface area contributed by atoms with Crippen LogP contribution in [-0.2, 0) is 15.0 Å². The molecule has 1 aromatic carbocycles. The maximum atomic E-state index is 12.8. The number of methoxy groups -OCH3 is 2. The van der Waals surface area contributed by atoms with Gasteiger partial charge in [0.25, 0.3) is 10.2 Å². The summed E-state index contributed by atoms with van der Waals surface area (Å²) in [5, 5.41) is 0. The Labute approximate surface area is 154 Å². The summed E-state index contributed by atoms with van der Waals surface area (Å²) in [6.07, 6.45) is 2.29. The second-order valence-corrected chi connectivity index (χ2v) is 8.35. The van der Waals surface area contributed by atoms with Crippen LogP contribution in [0.15, 0.2) is 18.2 Å². The summed E-state index contributed by atoms with van der Waals surface area (Å²) in [6.45, 7) is 1.38. The largest absolute Gasteiger partial charge is 0.493 e. The molecule has 3 rings (SSSR count). The summed E-state index contributed by atoms with van der Waals surface area (Å²) in [6, 6.07) is 4.05. The Morgan fingerprint density at radius 2 is 1.81 bits per heavy atom. The van der Waals surface area contributed by atoms with E-state index < -0.39 is 22.3 Å². The molecule has 0 aliphatic carbocycles. The van der Waals surface area contributed by atoms with Gasteiger partial charge in [-0.3, -0.25) is 4.79 Å². The summed E-state index contributed by atoms with van der Waals surface area (Å²) < 4.78 is 39.5. The molecule has 26 heavy (non-hydrogen) atoms. The number of likely N-dealkylation sites (tertiary alicyclic amines) is 1. The molecule has 0 radical (unpaired) electrons. The number of carbonyl (C=O) groups excluding carboxylic acids is 1. The molecule has 2 saturated heterocycles. The highest BCUT2D eigenvalue weighted by atomic mass is 32.2. The number of hydrogen-bond donors (Lipinski definition) is 1. The van der Waals surface area contributed by atoms with E-state index in [4.69, 9.17) is 9.47 Å². The van der Waals surface area contributed by atoms with Crippen molar-refractivity contribution in [3.05, 3.63) is 23.8 Å². The zero-order valence-corrected chi connectivity index (χ0v) is 16.1. The maximum absolute atomic E-state index is 12.8. The van der Waals surface area contributed by atoms with Gasteiger partial charge >= 0.3 is 0 Å². The van der Waals surface area contributed by atoms with Crippen molar-refractivity contribution in [2.75, 3.05) is 34.4 Å². The average Bonchev–Trinajstić information content (AvgIpc) is 3.17. The van der Waals surface area contributed by atoms with Crippen molar-refractivity contribution in [3.8, 4) is 11.5 Å². The van der Waals surface area contributed by atoms with E-state index in [1.807, 2.05) is 0 Å². The number of rotatable bonds is 4. The zero-order valence-electron chi connectivity index (χ0n) is 15.3. The third-order valence-corrected chi connectivity index (χ3v) is 6.68. The van der Waals surface area contributed by atoms with Crippen LogP contribution in [0, 0.1) is 0 Å². The van der Waals surface area contributed by atoms with Gasteiger partial charge in [-0.2, -0.15) is 17.4 Å². The normalized spacial score (nSPS) is 25.9. The number of hydrogen-bond acceptors (Lipinski definition) is 5. The molecule has 0 spiro atoms. The van der Waals surface area contributed by atoms with Crippen LogP contribution in [0.3, 0.4) is 0 Å². The second-order valence-electron chi connectivity index (χ2n) is 6.59. The first-order valence-electron chi connectivity index (χ1n) is 8.63. The van der Waals surface area contributed by atoms with Crippen LogP contribution >= 0.6 is 0 Å². The predicted molar refractivity (Wildman–Crippen MR) is 96.3 cm³/mol. The molecule has 8 nitrogen and oxygen atoms in total. The molecule has 1 aromatic rings. The Balaban J connectivity index is 1.89. The summed E-state index contributed by atoms with van der Waals surface area (Å²) in [5.74, 6) is 0.961. The van der Waals surface area contributed by atoms with E-state index >= 15 is 0 Å². The van der Waals surface area contributed by atoms with Crippen molar-refractivity contribution >= 4 is 16.1 Å². The van der Waals surface area contributed by atoms with Crippen molar-refractivity contribution in [3.63, 3.8) is 0 Å². The minimum Gasteiger partial charge on any atom is -0.493 e. The molecule has 0 aromatic heterocycles. The van der Waals surface area contributed by atoms with Crippen LogP contribution in [0.25, 0.3) is 0 Å². The van der Waals surface area contributed by atoms with E-state index in [-0.39, 0.29) is 5.91 Å². The standard InChI is InChI=1S/C17H25N3O5S/c1-19-14(17(21)20-8-4-5-9-20)11-13(18-26(19,22)23)12-6-7-15(24-2)16(10-12)25-3/h6-7,10,13-14,18H,4-5,8-9,11H2,1-3H3/t13-,14+/m0/s1. The lowest BCUT2D eigenvalue weighted by Gasteiger charge is -2.38. The van der Waals surface area contributed by atoms with Gasteiger partial charge in [-0.25, -0.2) is 0 Å². The van der Waals surface area contributed by atoms with Crippen molar-refractivity contribution in [1.82, 2.24) is 13.9 Å². The van der Waals surface area contributed by atoms with Crippen LogP contribution in [0.4, 0.5) is 0 Å². The number of nitrogens with zero attached hydrogens (tertiary/aromatic N) is 2. The average molecular weight is 383 g/mol. The van der Waals surface area contributed by atoms with Crippen LogP contribution in [-0.4, -0.2) is 63.9 Å². The molecule has 1 amide bonds. The minimum atomic E-state index is -3.75. The highest BCUT2D eigenvalue weighted by Gasteiger charge is 2.42. The molecule has 2 aliphatic rings. The molecule has 9 heteroatoms. The Bertz CT molecular complexity index is 777. The van der Waals surface area contributed by atoms with E-state index in [2.05, 4.69) is 4.72 Å². The summed E-state index contributed by atoms with van der Waals surface area (Å²) in [7, 11) is 0.766. The van der Waals surface area contributed by atoms with E-state index in [1.54, 1.807) is 30.2 Å². The number of carbonyl (C=O) groups is 1. The minimum absolute atomic E-state index is 0.124. The van der Waals surface area contributed by atoms with E-state index in [1.165, 1.54) is 14.2 Å². The molecular formula is C17H25N3O5S. The number of benzene rings is 1. The van der Waals surface area contributed by atoms with Gasteiger partial charge in [0.05, 0.1) is 20.3 Å². The van der Waals surface area contributed by atoms with Crippen LogP contribution < -0.4 is 14.2 Å². The lowest BCUT2D eigenvalue weighted by atomic mass is 9.98. The van der Waals surface area contributed by atoms with Crippen LogP contribution in [0.1, 0.15) is 30.9 Å². The molecule has 2 fully saturated rings. The monoisotopic (exact) mass is 383 g/mol. The molecule has 0 unspecified atom stereocenters. The van der Waals surface area contributed by atoms with Crippen molar-refractivity contribution in [2.24, 2.45) is 0 Å². The van der Waals surface area contributed by atoms with Crippen LogP contribution in [0.5, 0.6) is 11.5 Å². The first-order chi connectivity index (χ1) is 12.4. The fraction of sp³-hybridized carbons (Fsp3) is 0.588. The SMILES string of the molecule is COc1ccc([C@@H]2C[C@H](C(=O)N3CCCC3)N(C)S(=O)(=O)N2)cc1OC. The second kappa shape index (κ2) is 7.42. The summed E-state index contributed by atoms with van der Waals surface area (Å²) in [5.41, 5.74) is 0.735. The number of ether oxygens (including phenoxy) is 2. The van der Waals surface area contributed by atoms with Crippen molar-refractivity contribution in [1.29, 1.82) is 0 Å². The Morgan fingerprint density at radius 3 is 2.42 bits per heavy atom. The summed E-state index contributed by atoms with van der Waals surface area (Å²) in [4.78, 5) is 14.6. The molecule has 2 heterocycles. The molecular weight excluding hydrogens is 358 g/mol. The molecule has 1 N–H and O–H groups in total. The van der Waals surface area contributed by atoms with Gasteiger partial charge in [-0.1, -0.05) is 6.07 Å². The van der Waals surface area contributed by atoms with E-state index in [0.29, 0.717) is 31.0 Å². The van der Waals surface area contributed by atoms with Gasteiger partial charge in [0.2, 0.25) is 5.91 Å². The highest BCUT2D eigenvalue weighted by molar-refractivity contribution is 7.87. The molecule has 144 valence electrons. The van der Waals surface area contributed by atoms with Crippen LogP contribution in [0.2, 0.25) is 0 Å². The smallest absolute Gasteiger partial charge is 0.280 e. The predicted octanol–water partition coefficient (Wildman–Crippen LogP) is 0.906. The van der Waals surface area contributed by atoms with E-state index in [9.17, 15) is 13.2 Å². The van der Waals surface area contributed by atoms with Gasteiger partial charge in [0.1, 0.15) is 6.04 Å². The Hall–Kier alpha value is -1.84. The van der Waals surface area contributed by atoms with Gasteiger partial charge in [0, 0.05) is 20.1 Å². The number of amides is 1. The zero-order chi connectivity index (χ0) is 18.9. The van der Waals surface area contributed by atoms with Crippen molar-refractivity contribution in [2.45, 2.75) is 31.3 Å². The van der Waals surface area contributed by atoms with Gasteiger partial charge in [-0.15, -0.1) is 0 Å². The lowest BCUT2D eigenvalue weighted by molar-refractivity contribution is -0.134. The fourth-order valence-electron chi connectivity index (χ4n) is 3.53. The van der Waals surface area contributed by atoms with Gasteiger partial charge in [-0.05, 0) is 37.0 Å². The fourth-order valence-corrected chi connectivity index (χ4v) is 4.80. The third kappa shape index (κ3) is 3.51. The molecule has 0 bridgehead atoms. The number of likely N-dealkylation sites (N-methyl/N-ethyl adjacent to an activating group) is 1. The molecule has 0 saturated carbocycles. The highest BCUT2D eigenvalue weighted by Crippen LogP contribution is 2.34. The Morgan fingerprint density at radius 1 is 1.15 bits per heavy atom. The molecule has 2 aliphatic heterocycles.